The summed E-state index contributed by atoms with van der Waals surface area (Å²) in [6.07, 6.45) is 5.05. The van der Waals surface area contributed by atoms with E-state index in [4.69, 9.17) is 4.74 Å². The number of aromatic nitrogens is 2. The molecule has 13 heavy (non-hydrogen) atoms. The molecule has 0 radical (unpaired) electrons. The van der Waals surface area contributed by atoms with Crippen LogP contribution in [0.3, 0.4) is 0 Å². The fourth-order valence-corrected chi connectivity index (χ4v) is 1.52. The molecule has 1 aromatic rings. The second-order valence-corrected chi connectivity index (χ2v) is 3.46. The quantitative estimate of drug-likeness (QED) is 0.729. The predicted molar refractivity (Wildman–Crippen MR) is 49.3 cm³/mol. The maximum absolute atomic E-state index is 5.27. The molecule has 4 nitrogen and oxygen atoms in total. The first-order valence-corrected chi connectivity index (χ1v) is 4.63. The number of nitrogens with one attached hydrogen (secondary N) is 1. The van der Waals surface area contributed by atoms with Gasteiger partial charge in [-0.3, -0.25) is 4.68 Å². The lowest BCUT2D eigenvalue weighted by molar-refractivity contribution is 0.190. The van der Waals surface area contributed by atoms with Crippen molar-refractivity contribution < 1.29 is 4.74 Å². The molecular formula is C9H15N3O. The second-order valence-electron chi connectivity index (χ2n) is 3.46. The number of ether oxygens (including phenoxy) is 1. The second kappa shape index (κ2) is 3.89. The molecule has 1 aliphatic rings. The monoisotopic (exact) mass is 181 g/mol. The van der Waals surface area contributed by atoms with Crippen LogP contribution in [0.5, 0.6) is 0 Å². The summed E-state index contributed by atoms with van der Waals surface area (Å²) in [5.74, 6) is 0. The predicted octanol–water partition coefficient (Wildman–Crippen LogP) is 0.299. The van der Waals surface area contributed by atoms with E-state index < -0.39 is 0 Å². The third-order valence-electron chi connectivity index (χ3n) is 2.28. The average molecular weight is 181 g/mol. The van der Waals surface area contributed by atoms with Gasteiger partial charge in [-0.05, 0) is 6.42 Å². The molecule has 2 rings (SSSR count). The molecule has 0 amide bonds. The Hall–Kier alpha value is -0.870. The fourth-order valence-electron chi connectivity index (χ4n) is 1.52. The summed E-state index contributed by atoms with van der Waals surface area (Å²) in [5.41, 5.74) is 1.23. The van der Waals surface area contributed by atoms with Gasteiger partial charge < -0.3 is 10.1 Å². The zero-order valence-corrected chi connectivity index (χ0v) is 7.86. The van der Waals surface area contributed by atoms with E-state index >= 15 is 0 Å². The molecule has 0 aliphatic carbocycles. The Labute approximate surface area is 77.9 Å². The van der Waals surface area contributed by atoms with Crippen molar-refractivity contribution in [2.45, 2.75) is 19.0 Å². The average Bonchev–Trinajstić information content (AvgIpc) is 2.71. The summed E-state index contributed by atoms with van der Waals surface area (Å²) in [6.45, 7) is 2.63. The van der Waals surface area contributed by atoms with Gasteiger partial charge >= 0.3 is 0 Å². The Kier molecular flexibility index (Phi) is 2.61. The van der Waals surface area contributed by atoms with E-state index in [1.807, 2.05) is 24.1 Å². The van der Waals surface area contributed by atoms with Crippen molar-refractivity contribution in [1.82, 2.24) is 15.1 Å². The van der Waals surface area contributed by atoms with Crippen molar-refractivity contribution in [1.29, 1.82) is 0 Å². The van der Waals surface area contributed by atoms with Crippen molar-refractivity contribution in [2.24, 2.45) is 7.05 Å². The van der Waals surface area contributed by atoms with Gasteiger partial charge in [0.1, 0.15) is 0 Å². The van der Waals surface area contributed by atoms with Crippen molar-refractivity contribution in [3.63, 3.8) is 0 Å². The largest absolute Gasteiger partial charge is 0.380 e. The van der Waals surface area contributed by atoms with Crippen molar-refractivity contribution in [3.8, 4) is 0 Å². The maximum atomic E-state index is 5.27. The molecule has 1 N–H and O–H groups in total. The lowest BCUT2D eigenvalue weighted by atomic mass is 10.2. The van der Waals surface area contributed by atoms with Crippen LogP contribution in [0, 0.1) is 0 Å². The third-order valence-corrected chi connectivity index (χ3v) is 2.28. The number of hydrogen-bond donors (Lipinski definition) is 1. The third kappa shape index (κ3) is 2.29. The van der Waals surface area contributed by atoms with E-state index in [0.717, 1.165) is 26.2 Å². The molecule has 1 fully saturated rings. The van der Waals surface area contributed by atoms with Gasteiger partial charge in [-0.15, -0.1) is 0 Å². The molecule has 0 aromatic carbocycles. The minimum absolute atomic E-state index is 0.528. The van der Waals surface area contributed by atoms with Gasteiger partial charge in [0.2, 0.25) is 0 Å². The molecule has 1 aromatic heterocycles. The highest BCUT2D eigenvalue weighted by molar-refractivity contribution is 5.03. The van der Waals surface area contributed by atoms with Gasteiger partial charge in [-0.25, -0.2) is 0 Å². The highest BCUT2D eigenvalue weighted by Gasteiger charge is 2.14. The summed E-state index contributed by atoms with van der Waals surface area (Å²) in [5, 5.41) is 7.54. The minimum Gasteiger partial charge on any atom is -0.380 e. The summed E-state index contributed by atoms with van der Waals surface area (Å²) >= 11 is 0. The summed E-state index contributed by atoms with van der Waals surface area (Å²) in [4.78, 5) is 0. The van der Waals surface area contributed by atoms with Gasteiger partial charge in [0.25, 0.3) is 0 Å². The maximum Gasteiger partial charge on any atom is 0.0620 e. The van der Waals surface area contributed by atoms with Crippen LogP contribution in [0.2, 0.25) is 0 Å². The Bertz CT molecular complexity index is 266. The first kappa shape index (κ1) is 8.72. The Morgan fingerprint density at radius 1 is 1.77 bits per heavy atom. The summed E-state index contributed by atoms with van der Waals surface area (Å²) in [6, 6.07) is 0.528. The van der Waals surface area contributed by atoms with Gasteiger partial charge in [-0.1, -0.05) is 0 Å². The standard InChI is InChI=1S/C9H15N3O/c1-12-6-8(5-11-12)4-10-9-2-3-13-7-9/h5-6,9-10H,2-4,7H2,1H3. The molecule has 0 saturated carbocycles. The molecule has 2 heterocycles. The smallest absolute Gasteiger partial charge is 0.0620 e. The van der Waals surface area contributed by atoms with E-state index in [1.165, 1.54) is 5.56 Å². The lowest BCUT2D eigenvalue weighted by Crippen LogP contribution is -2.28. The molecule has 1 saturated heterocycles. The zero-order chi connectivity index (χ0) is 9.10. The first-order chi connectivity index (χ1) is 6.34. The molecule has 0 spiro atoms. The molecule has 72 valence electrons. The number of aryl methyl sites for hydroxylation is 1. The number of rotatable bonds is 3. The van der Waals surface area contributed by atoms with E-state index in [-0.39, 0.29) is 0 Å². The fraction of sp³-hybridized carbons (Fsp3) is 0.667. The molecule has 1 atom stereocenters. The molecular weight excluding hydrogens is 166 g/mol. The van der Waals surface area contributed by atoms with Gasteiger partial charge in [0.15, 0.2) is 0 Å². The van der Waals surface area contributed by atoms with Gasteiger partial charge in [0, 0.05) is 38.0 Å². The number of hydrogen-bond acceptors (Lipinski definition) is 3. The minimum atomic E-state index is 0.528. The van der Waals surface area contributed by atoms with Gasteiger partial charge in [0.05, 0.1) is 12.8 Å². The highest BCUT2D eigenvalue weighted by atomic mass is 16.5. The molecule has 0 bridgehead atoms. The Balaban J connectivity index is 1.78. The van der Waals surface area contributed by atoms with Crippen LogP contribution >= 0.6 is 0 Å². The van der Waals surface area contributed by atoms with E-state index in [0.29, 0.717) is 6.04 Å². The first-order valence-electron chi connectivity index (χ1n) is 4.63. The van der Waals surface area contributed by atoms with Crippen LogP contribution in [0.1, 0.15) is 12.0 Å². The Morgan fingerprint density at radius 3 is 3.31 bits per heavy atom. The van der Waals surface area contributed by atoms with Crippen LogP contribution < -0.4 is 5.32 Å². The van der Waals surface area contributed by atoms with Crippen LogP contribution in [0.25, 0.3) is 0 Å². The zero-order valence-electron chi connectivity index (χ0n) is 7.86. The van der Waals surface area contributed by atoms with Gasteiger partial charge in [-0.2, -0.15) is 5.10 Å². The highest BCUT2D eigenvalue weighted by Crippen LogP contribution is 2.04. The SMILES string of the molecule is Cn1cc(CNC2CCOC2)cn1. The molecule has 4 heteroatoms. The molecule has 1 aliphatic heterocycles. The normalized spacial score (nSPS) is 22.4. The van der Waals surface area contributed by atoms with Crippen molar-refractivity contribution >= 4 is 0 Å². The summed E-state index contributed by atoms with van der Waals surface area (Å²) in [7, 11) is 1.93. The topological polar surface area (TPSA) is 39.1 Å². The molecule has 1 unspecified atom stereocenters. The van der Waals surface area contributed by atoms with Crippen LogP contribution in [-0.4, -0.2) is 29.0 Å². The Morgan fingerprint density at radius 2 is 2.69 bits per heavy atom. The van der Waals surface area contributed by atoms with Crippen LogP contribution in [-0.2, 0) is 18.3 Å². The number of nitrogens with zero attached hydrogens (tertiary/aromatic N) is 2. The van der Waals surface area contributed by atoms with Crippen molar-refractivity contribution in [2.75, 3.05) is 13.2 Å². The van der Waals surface area contributed by atoms with Crippen LogP contribution in [0.4, 0.5) is 0 Å². The van der Waals surface area contributed by atoms with Crippen LogP contribution in [0.15, 0.2) is 12.4 Å². The summed E-state index contributed by atoms with van der Waals surface area (Å²) < 4.78 is 7.09. The van der Waals surface area contributed by atoms with E-state index in [1.54, 1.807) is 0 Å². The van der Waals surface area contributed by atoms with Crippen molar-refractivity contribution in [3.05, 3.63) is 18.0 Å². The van der Waals surface area contributed by atoms with E-state index in [9.17, 15) is 0 Å². The van der Waals surface area contributed by atoms with E-state index in [2.05, 4.69) is 10.4 Å². The lowest BCUT2D eigenvalue weighted by Gasteiger charge is -2.08.